The molecule has 0 saturated heterocycles. The molecule has 1 fully saturated rings. The van der Waals surface area contributed by atoms with Crippen molar-refractivity contribution in [2.45, 2.75) is 64.7 Å². The normalized spacial score (nSPS) is 27.0. The van der Waals surface area contributed by atoms with Gasteiger partial charge >= 0.3 is 0 Å². The summed E-state index contributed by atoms with van der Waals surface area (Å²) in [6, 6.07) is 3.55. The van der Waals surface area contributed by atoms with Gasteiger partial charge in [0, 0.05) is 5.56 Å². The van der Waals surface area contributed by atoms with Crippen LogP contribution in [0.5, 0.6) is 0 Å². The first-order valence-electron chi connectivity index (χ1n) is 9.92. The Balaban J connectivity index is 1.67. The Hall–Kier alpha value is -1.44. The van der Waals surface area contributed by atoms with E-state index in [1.165, 1.54) is 25.7 Å². The Morgan fingerprint density at radius 2 is 1.80 bits per heavy atom. The first kappa shape index (κ1) is 18.4. The monoisotopic (exact) mass is 344 g/mol. The Kier molecular flexibility index (Phi) is 6.09. The van der Waals surface area contributed by atoms with Crippen molar-refractivity contribution in [3.8, 4) is 0 Å². The van der Waals surface area contributed by atoms with Crippen molar-refractivity contribution in [1.82, 2.24) is 0 Å². The Morgan fingerprint density at radius 3 is 2.40 bits per heavy atom. The van der Waals surface area contributed by atoms with Crippen LogP contribution >= 0.6 is 0 Å². The summed E-state index contributed by atoms with van der Waals surface area (Å²) in [6.45, 7) is 5.91. The van der Waals surface area contributed by atoms with Crippen molar-refractivity contribution in [3.05, 3.63) is 53.6 Å². The Labute approximate surface area is 151 Å². The lowest BCUT2D eigenvalue weighted by Gasteiger charge is -2.34. The maximum absolute atomic E-state index is 14.5. The van der Waals surface area contributed by atoms with Gasteiger partial charge < -0.3 is 0 Å². The van der Waals surface area contributed by atoms with Crippen molar-refractivity contribution in [3.63, 3.8) is 0 Å². The lowest BCUT2D eigenvalue weighted by molar-refractivity contribution is 0.212. The molecule has 1 aromatic carbocycles. The summed E-state index contributed by atoms with van der Waals surface area (Å²) in [5.41, 5.74) is 1.97. The smallest absolute Gasteiger partial charge is 0.166 e. The molecule has 1 unspecified atom stereocenters. The molecular formula is C23H30F2. The van der Waals surface area contributed by atoms with Crippen molar-refractivity contribution in [2.75, 3.05) is 0 Å². The van der Waals surface area contributed by atoms with Crippen LogP contribution < -0.4 is 0 Å². The van der Waals surface area contributed by atoms with Gasteiger partial charge in [-0.05, 0) is 80.3 Å². The number of hydrogen-bond acceptors (Lipinski definition) is 0. The van der Waals surface area contributed by atoms with Crippen LogP contribution in [0.2, 0.25) is 0 Å². The first-order valence-corrected chi connectivity index (χ1v) is 9.92. The topological polar surface area (TPSA) is 0 Å². The Bertz CT molecular complexity index is 636. The molecule has 0 aromatic heterocycles. The lowest BCUT2D eigenvalue weighted by Crippen LogP contribution is -2.22. The number of hydrogen-bond donors (Lipinski definition) is 0. The zero-order chi connectivity index (χ0) is 17.8. The fourth-order valence-corrected chi connectivity index (χ4v) is 4.68. The van der Waals surface area contributed by atoms with Crippen LogP contribution in [0.1, 0.15) is 69.4 Å². The molecule has 0 radical (unpaired) electrons. The predicted octanol–water partition coefficient (Wildman–Crippen LogP) is 7.09. The molecule has 0 nitrogen and oxygen atoms in total. The number of rotatable bonds is 5. The summed E-state index contributed by atoms with van der Waals surface area (Å²) in [7, 11) is 0. The summed E-state index contributed by atoms with van der Waals surface area (Å²) in [6.07, 6.45) is 13.8. The van der Waals surface area contributed by atoms with Gasteiger partial charge in [0.05, 0.1) is 0 Å². The molecule has 1 aromatic rings. The van der Waals surface area contributed by atoms with Crippen LogP contribution in [0.15, 0.2) is 30.9 Å². The van der Waals surface area contributed by atoms with Crippen LogP contribution in [0.25, 0.3) is 5.57 Å². The van der Waals surface area contributed by atoms with Crippen LogP contribution in [0, 0.1) is 29.4 Å². The van der Waals surface area contributed by atoms with E-state index >= 15 is 0 Å². The van der Waals surface area contributed by atoms with Gasteiger partial charge in [-0.3, -0.25) is 0 Å². The first-order chi connectivity index (χ1) is 12.1. The highest BCUT2D eigenvalue weighted by Crippen LogP contribution is 2.41. The average Bonchev–Trinajstić information content (AvgIpc) is 2.66. The minimum Gasteiger partial charge on any atom is -0.203 e. The maximum Gasteiger partial charge on any atom is 0.166 e. The average molecular weight is 344 g/mol. The van der Waals surface area contributed by atoms with Gasteiger partial charge in [-0.25, -0.2) is 8.78 Å². The summed E-state index contributed by atoms with van der Waals surface area (Å²) >= 11 is 0. The molecule has 136 valence electrons. The largest absolute Gasteiger partial charge is 0.203 e. The third-order valence-corrected chi connectivity index (χ3v) is 6.30. The van der Waals surface area contributed by atoms with Crippen LogP contribution in [-0.2, 0) is 6.42 Å². The Morgan fingerprint density at radius 1 is 1.04 bits per heavy atom. The summed E-state index contributed by atoms with van der Waals surface area (Å²) < 4.78 is 28.7. The number of allylic oxidation sites excluding steroid dienone is 3. The number of benzene rings is 1. The molecule has 1 atom stereocenters. The summed E-state index contributed by atoms with van der Waals surface area (Å²) in [5.74, 6) is 0.904. The molecule has 0 aliphatic heterocycles. The highest BCUT2D eigenvalue weighted by Gasteiger charge is 2.28. The van der Waals surface area contributed by atoms with Crippen LogP contribution in [-0.4, -0.2) is 0 Å². The second-order valence-electron chi connectivity index (χ2n) is 7.82. The molecular weight excluding hydrogens is 314 g/mol. The molecule has 3 rings (SSSR count). The van der Waals surface area contributed by atoms with E-state index in [0.717, 1.165) is 37.2 Å². The van der Waals surface area contributed by atoms with Gasteiger partial charge in [0.15, 0.2) is 11.6 Å². The van der Waals surface area contributed by atoms with E-state index in [2.05, 4.69) is 18.7 Å². The van der Waals surface area contributed by atoms with Crippen molar-refractivity contribution < 1.29 is 8.78 Å². The minimum atomic E-state index is -0.651. The summed E-state index contributed by atoms with van der Waals surface area (Å²) in [5, 5.41) is 0. The predicted molar refractivity (Wildman–Crippen MR) is 101 cm³/mol. The fourth-order valence-electron chi connectivity index (χ4n) is 4.68. The second-order valence-corrected chi connectivity index (χ2v) is 7.82. The maximum atomic E-state index is 14.5. The highest BCUT2D eigenvalue weighted by atomic mass is 19.2. The molecule has 0 spiro atoms. The van der Waals surface area contributed by atoms with Gasteiger partial charge in [0.1, 0.15) is 0 Å². The molecule has 1 saturated carbocycles. The van der Waals surface area contributed by atoms with Gasteiger partial charge in [0.2, 0.25) is 0 Å². The zero-order valence-electron chi connectivity index (χ0n) is 15.4. The van der Waals surface area contributed by atoms with E-state index in [1.54, 1.807) is 12.1 Å². The molecule has 2 heteroatoms. The molecule has 0 heterocycles. The van der Waals surface area contributed by atoms with Crippen molar-refractivity contribution >= 4 is 5.57 Å². The SMILES string of the molecule is C=CC1CCC(C2CC=C(c3ccc(CCC)c(F)c3F)CC2)CC1. The highest BCUT2D eigenvalue weighted by molar-refractivity contribution is 5.67. The second kappa shape index (κ2) is 8.29. The molecule has 0 N–H and O–H groups in total. The van der Waals surface area contributed by atoms with Crippen LogP contribution in [0.3, 0.4) is 0 Å². The standard InChI is InChI=1S/C23H30F2/c1-3-5-20-14-15-21(23(25)22(20)24)19-12-10-18(11-13-19)17-8-6-16(4-2)7-9-17/h4,12,14-18H,2-3,5-11,13H2,1H3. The van der Waals surface area contributed by atoms with E-state index in [9.17, 15) is 8.78 Å². The van der Waals surface area contributed by atoms with E-state index in [4.69, 9.17) is 0 Å². The van der Waals surface area contributed by atoms with E-state index < -0.39 is 11.6 Å². The molecule has 0 amide bonds. The molecule has 25 heavy (non-hydrogen) atoms. The van der Waals surface area contributed by atoms with Gasteiger partial charge in [-0.1, -0.05) is 37.6 Å². The lowest BCUT2D eigenvalue weighted by atomic mass is 9.71. The third-order valence-electron chi connectivity index (χ3n) is 6.30. The van der Waals surface area contributed by atoms with Gasteiger partial charge in [0.25, 0.3) is 0 Å². The van der Waals surface area contributed by atoms with Crippen molar-refractivity contribution in [1.29, 1.82) is 0 Å². The third kappa shape index (κ3) is 4.04. The fraction of sp³-hybridized carbons (Fsp3) is 0.565. The summed E-state index contributed by atoms with van der Waals surface area (Å²) in [4.78, 5) is 0. The minimum absolute atomic E-state index is 0.478. The molecule has 2 aliphatic rings. The van der Waals surface area contributed by atoms with Gasteiger partial charge in [-0.15, -0.1) is 6.58 Å². The van der Waals surface area contributed by atoms with Gasteiger partial charge in [-0.2, -0.15) is 0 Å². The van der Waals surface area contributed by atoms with Crippen molar-refractivity contribution in [2.24, 2.45) is 17.8 Å². The quantitative estimate of drug-likeness (QED) is 0.500. The molecule has 0 bridgehead atoms. The number of aryl methyl sites for hydroxylation is 1. The zero-order valence-corrected chi connectivity index (χ0v) is 15.4. The van der Waals surface area contributed by atoms with E-state index in [0.29, 0.717) is 29.4 Å². The number of halogens is 2. The van der Waals surface area contributed by atoms with E-state index in [-0.39, 0.29) is 0 Å². The molecule has 2 aliphatic carbocycles. The van der Waals surface area contributed by atoms with Crippen LogP contribution in [0.4, 0.5) is 8.78 Å². The van der Waals surface area contributed by atoms with E-state index in [1.807, 2.05) is 6.92 Å².